The molecule has 148 valence electrons. The van der Waals surface area contributed by atoms with Gasteiger partial charge in [-0.25, -0.2) is 0 Å². The molecule has 1 aromatic carbocycles. The molecule has 7 nitrogen and oxygen atoms in total. The maximum Gasteiger partial charge on any atom is 0.325 e. The first-order valence-corrected chi connectivity index (χ1v) is 9.69. The van der Waals surface area contributed by atoms with Crippen LogP contribution in [0.4, 0.5) is 0 Å². The molecule has 1 saturated heterocycles. The maximum atomic E-state index is 12.1. The fourth-order valence-electron chi connectivity index (χ4n) is 3.87. The number of nitrogens with zero attached hydrogens (tertiary/aromatic N) is 3. The first-order chi connectivity index (χ1) is 13.7. The average Bonchev–Trinajstić information content (AvgIpc) is 2.94. The molecule has 1 fully saturated rings. The molecule has 28 heavy (non-hydrogen) atoms. The molecule has 2 aliphatic rings. The van der Waals surface area contributed by atoms with Gasteiger partial charge in [-0.1, -0.05) is 12.1 Å². The third-order valence-electron chi connectivity index (χ3n) is 5.22. The number of carboxylic acids is 1. The van der Waals surface area contributed by atoms with E-state index < -0.39 is 12.0 Å². The normalized spacial score (nSPS) is 19.0. The van der Waals surface area contributed by atoms with E-state index in [2.05, 4.69) is 9.88 Å². The highest BCUT2D eigenvalue weighted by atomic mass is 16.6. The Hall–Kier alpha value is -2.64. The summed E-state index contributed by atoms with van der Waals surface area (Å²) < 4.78 is 11.2. The van der Waals surface area contributed by atoms with E-state index in [-0.39, 0.29) is 0 Å². The van der Waals surface area contributed by atoms with Crippen LogP contribution in [-0.4, -0.2) is 65.3 Å². The van der Waals surface area contributed by atoms with Crippen molar-refractivity contribution in [3.05, 3.63) is 53.9 Å². The Morgan fingerprint density at radius 2 is 1.93 bits per heavy atom. The van der Waals surface area contributed by atoms with Gasteiger partial charge in [0.15, 0.2) is 11.5 Å². The van der Waals surface area contributed by atoms with Crippen LogP contribution in [0.3, 0.4) is 0 Å². The zero-order valence-electron chi connectivity index (χ0n) is 15.8. The van der Waals surface area contributed by atoms with Crippen molar-refractivity contribution in [1.82, 2.24) is 14.8 Å². The van der Waals surface area contributed by atoms with E-state index in [9.17, 15) is 9.90 Å². The van der Waals surface area contributed by atoms with E-state index in [1.54, 1.807) is 0 Å². The van der Waals surface area contributed by atoms with Gasteiger partial charge in [-0.15, -0.1) is 0 Å². The van der Waals surface area contributed by atoms with E-state index in [1.807, 2.05) is 47.5 Å². The molecule has 2 aliphatic heterocycles. The molecule has 0 spiro atoms. The van der Waals surface area contributed by atoms with Gasteiger partial charge < -0.3 is 14.6 Å². The minimum absolute atomic E-state index is 0.486. The lowest BCUT2D eigenvalue weighted by Gasteiger charge is -2.29. The Morgan fingerprint density at radius 1 is 1.07 bits per heavy atom. The van der Waals surface area contributed by atoms with Crippen molar-refractivity contribution in [1.29, 1.82) is 0 Å². The molecule has 0 saturated carbocycles. The molecule has 1 N–H and O–H groups in total. The lowest BCUT2D eigenvalue weighted by atomic mass is 10.0. The van der Waals surface area contributed by atoms with Crippen molar-refractivity contribution in [3.8, 4) is 11.5 Å². The fourth-order valence-corrected chi connectivity index (χ4v) is 3.87. The molecule has 0 radical (unpaired) electrons. The van der Waals surface area contributed by atoms with E-state index in [4.69, 9.17) is 9.47 Å². The SMILES string of the molecule is O=C(O)C(c1ccc2c(c1)OCCO2)N1CCCN(Cc2ccccn2)CC1. The summed E-state index contributed by atoms with van der Waals surface area (Å²) in [5.41, 5.74) is 1.77. The Kier molecular flexibility index (Phi) is 5.73. The number of ether oxygens (including phenoxy) is 2. The smallest absolute Gasteiger partial charge is 0.325 e. The van der Waals surface area contributed by atoms with Gasteiger partial charge in [0.05, 0.1) is 5.69 Å². The largest absolute Gasteiger partial charge is 0.486 e. The lowest BCUT2D eigenvalue weighted by Crippen LogP contribution is -2.37. The van der Waals surface area contributed by atoms with E-state index in [0.717, 1.165) is 43.9 Å². The molecule has 7 heteroatoms. The summed E-state index contributed by atoms with van der Waals surface area (Å²) >= 11 is 0. The average molecular weight is 383 g/mol. The molecule has 0 aliphatic carbocycles. The monoisotopic (exact) mass is 383 g/mol. The summed E-state index contributed by atoms with van der Waals surface area (Å²) in [5.74, 6) is 0.466. The predicted molar refractivity (Wildman–Crippen MR) is 104 cm³/mol. The maximum absolute atomic E-state index is 12.1. The second-order valence-corrected chi connectivity index (χ2v) is 7.13. The van der Waals surface area contributed by atoms with Crippen LogP contribution in [0.25, 0.3) is 0 Å². The van der Waals surface area contributed by atoms with Crippen molar-refractivity contribution in [2.45, 2.75) is 19.0 Å². The first-order valence-electron chi connectivity index (χ1n) is 9.69. The molecule has 3 heterocycles. The number of aliphatic carboxylic acids is 1. The first kappa shape index (κ1) is 18.7. The van der Waals surface area contributed by atoms with Gasteiger partial charge in [0, 0.05) is 32.4 Å². The van der Waals surface area contributed by atoms with Crippen LogP contribution in [-0.2, 0) is 11.3 Å². The highest BCUT2D eigenvalue weighted by Crippen LogP contribution is 2.34. The molecular weight excluding hydrogens is 358 g/mol. The number of fused-ring (bicyclic) bond motifs is 1. The van der Waals surface area contributed by atoms with E-state index in [1.165, 1.54) is 0 Å². The number of pyridine rings is 1. The summed E-state index contributed by atoms with van der Waals surface area (Å²) in [4.78, 5) is 20.9. The van der Waals surface area contributed by atoms with Crippen LogP contribution < -0.4 is 9.47 Å². The molecule has 0 amide bonds. The van der Waals surface area contributed by atoms with Crippen molar-refractivity contribution in [3.63, 3.8) is 0 Å². The number of rotatable bonds is 5. The third-order valence-corrected chi connectivity index (χ3v) is 5.22. The van der Waals surface area contributed by atoms with Crippen LogP contribution in [0.15, 0.2) is 42.6 Å². The number of carboxylic acid groups (broad SMARTS) is 1. The van der Waals surface area contributed by atoms with Gasteiger partial charge in [0.25, 0.3) is 0 Å². The quantitative estimate of drug-likeness (QED) is 0.848. The minimum Gasteiger partial charge on any atom is -0.486 e. The van der Waals surface area contributed by atoms with Crippen LogP contribution >= 0.6 is 0 Å². The number of aromatic nitrogens is 1. The number of carbonyl (C=O) groups is 1. The third kappa shape index (κ3) is 4.26. The topological polar surface area (TPSA) is 75.1 Å². The summed E-state index contributed by atoms with van der Waals surface area (Å²) in [7, 11) is 0. The van der Waals surface area contributed by atoms with Gasteiger partial charge in [0.1, 0.15) is 19.3 Å². The Morgan fingerprint density at radius 3 is 2.71 bits per heavy atom. The molecule has 1 atom stereocenters. The second kappa shape index (κ2) is 8.58. The van der Waals surface area contributed by atoms with Gasteiger partial charge in [-0.3, -0.25) is 19.6 Å². The summed E-state index contributed by atoms with van der Waals surface area (Å²) in [6.45, 7) is 4.97. The molecule has 1 aromatic heterocycles. The van der Waals surface area contributed by atoms with Gasteiger partial charge in [0.2, 0.25) is 0 Å². The van der Waals surface area contributed by atoms with Crippen LogP contribution in [0.1, 0.15) is 23.7 Å². The zero-order chi connectivity index (χ0) is 19.3. The number of hydrogen-bond donors (Lipinski definition) is 1. The fraction of sp³-hybridized carbons (Fsp3) is 0.429. The van der Waals surface area contributed by atoms with E-state index >= 15 is 0 Å². The van der Waals surface area contributed by atoms with Crippen molar-refractivity contribution in [2.75, 3.05) is 39.4 Å². The number of hydrogen-bond acceptors (Lipinski definition) is 6. The molecule has 0 bridgehead atoms. The summed E-state index contributed by atoms with van der Waals surface area (Å²) in [6.07, 6.45) is 2.73. The number of benzene rings is 1. The van der Waals surface area contributed by atoms with Crippen LogP contribution in [0.5, 0.6) is 11.5 Å². The Balaban J connectivity index is 1.47. The summed E-state index contributed by atoms with van der Waals surface area (Å²) in [5, 5.41) is 9.94. The Bertz CT molecular complexity index is 815. The van der Waals surface area contributed by atoms with Gasteiger partial charge in [-0.2, -0.15) is 0 Å². The standard InChI is InChI=1S/C21H25N3O4/c25-21(26)20(16-5-6-18-19(14-16)28-13-12-27-18)24-9-3-8-23(10-11-24)15-17-4-1-2-7-22-17/h1-2,4-7,14,20H,3,8-13,15H2,(H,25,26). The minimum atomic E-state index is -0.838. The highest BCUT2D eigenvalue weighted by Gasteiger charge is 2.30. The molecule has 2 aromatic rings. The molecule has 4 rings (SSSR count). The van der Waals surface area contributed by atoms with Gasteiger partial charge in [-0.05, 0) is 42.8 Å². The Labute approximate surface area is 164 Å². The zero-order valence-corrected chi connectivity index (χ0v) is 15.8. The highest BCUT2D eigenvalue weighted by molar-refractivity contribution is 5.76. The van der Waals surface area contributed by atoms with E-state index in [0.29, 0.717) is 31.3 Å². The summed E-state index contributed by atoms with van der Waals surface area (Å²) in [6, 6.07) is 10.7. The van der Waals surface area contributed by atoms with Crippen molar-refractivity contribution < 1.29 is 19.4 Å². The molecular formula is C21H25N3O4. The van der Waals surface area contributed by atoms with Crippen molar-refractivity contribution in [2.24, 2.45) is 0 Å². The molecule has 1 unspecified atom stereocenters. The van der Waals surface area contributed by atoms with Crippen molar-refractivity contribution >= 4 is 5.97 Å². The lowest BCUT2D eigenvalue weighted by molar-refractivity contribution is -0.143. The van der Waals surface area contributed by atoms with Crippen LogP contribution in [0, 0.1) is 0 Å². The second-order valence-electron chi connectivity index (χ2n) is 7.13. The van der Waals surface area contributed by atoms with Gasteiger partial charge >= 0.3 is 5.97 Å². The van der Waals surface area contributed by atoms with Crippen LogP contribution in [0.2, 0.25) is 0 Å². The predicted octanol–water partition coefficient (Wildman–Crippen LogP) is 2.19.